The van der Waals surface area contributed by atoms with Crippen LogP contribution in [0.15, 0.2) is 64.8 Å². The molecule has 2 N–H and O–H groups in total. The highest BCUT2D eigenvalue weighted by Gasteiger charge is 2.12. The molecule has 0 aliphatic carbocycles. The van der Waals surface area contributed by atoms with Crippen LogP contribution in [-0.2, 0) is 6.54 Å². The second kappa shape index (κ2) is 7.13. The highest BCUT2D eigenvalue weighted by atomic mass is 35.5. The van der Waals surface area contributed by atoms with Crippen LogP contribution in [0.25, 0.3) is 11.1 Å². The molecule has 2 heterocycles. The number of rotatable bonds is 4. The number of hydrogen-bond donors (Lipinski definition) is 1. The van der Waals surface area contributed by atoms with Gasteiger partial charge < -0.3 is 5.73 Å². The molecule has 3 aromatic rings. The molecule has 0 atom stereocenters. The number of benzene rings is 1. The number of nitrogens with zero attached hydrogens (tertiary/aromatic N) is 2. The lowest BCUT2D eigenvalue weighted by molar-refractivity contribution is 1.02. The zero-order chi connectivity index (χ0) is 16.2. The summed E-state index contributed by atoms with van der Waals surface area (Å²) in [7, 11) is 0. The monoisotopic (exact) mass is 341 g/mol. The van der Waals surface area contributed by atoms with Gasteiger partial charge in [0, 0.05) is 29.5 Å². The molecule has 116 valence electrons. The molecule has 5 heteroatoms. The van der Waals surface area contributed by atoms with E-state index in [9.17, 15) is 0 Å². The van der Waals surface area contributed by atoms with Crippen molar-refractivity contribution in [2.75, 3.05) is 0 Å². The van der Waals surface area contributed by atoms with Crippen molar-refractivity contribution >= 4 is 23.4 Å². The van der Waals surface area contributed by atoms with Gasteiger partial charge >= 0.3 is 0 Å². The maximum atomic E-state index is 6.53. The van der Waals surface area contributed by atoms with Gasteiger partial charge in [-0.15, -0.1) is 0 Å². The smallest absolute Gasteiger partial charge is 0.101 e. The van der Waals surface area contributed by atoms with E-state index in [1.54, 1.807) is 12.4 Å². The first kappa shape index (κ1) is 16.0. The van der Waals surface area contributed by atoms with Crippen molar-refractivity contribution in [3.05, 3.63) is 71.1 Å². The number of aryl methyl sites for hydroxylation is 1. The highest BCUT2D eigenvalue weighted by molar-refractivity contribution is 7.99. The molecule has 3 rings (SSSR count). The van der Waals surface area contributed by atoms with E-state index in [4.69, 9.17) is 17.3 Å². The summed E-state index contributed by atoms with van der Waals surface area (Å²) in [5, 5.41) is 1.59. The average Bonchev–Trinajstić information content (AvgIpc) is 2.57. The van der Waals surface area contributed by atoms with E-state index in [1.165, 1.54) is 11.8 Å². The predicted octanol–water partition coefficient (Wildman–Crippen LogP) is 4.72. The van der Waals surface area contributed by atoms with Gasteiger partial charge in [-0.05, 0) is 60.0 Å². The molecule has 0 aliphatic rings. The number of nitrogens with two attached hydrogens (primary N) is 1. The van der Waals surface area contributed by atoms with Crippen LogP contribution in [0.2, 0.25) is 5.02 Å². The van der Waals surface area contributed by atoms with Gasteiger partial charge in [-0.25, -0.2) is 4.98 Å². The molecule has 0 amide bonds. The first-order valence-electron chi connectivity index (χ1n) is 7.22. The molecule has 23 heavy (non-hydrogen) atoms. The van der Waals surface area contributed by atoms with Crippen molar-refractivity contribution in [3.8, 4) is 11.1 Å². The van der Waals surface area contributed by atoms with Crippen LogP contribution in [0.3, 0.4) is 0 Å². The van der Waals surface area contributed by atoms with E-state index in [0.29, 0.717) is 11.6 Å². The lowest BCUT2D eigenvalue weighted by Gasteiger charge is -2.13. The molecule has 0 unspecified atom stereocenters. The number of pyridine rings is 2. The normalized spacial score (nSPS) is 10.7. The van der Waals surface area contributed by atoms with Crippen molar-refractivity contribution < 1.29 is 0 Å². The Morgan fingerprint density at radius 3 is 2.61 bits per heavy atom. The molecular weight excluding hydrogens is 326 g/mol. The summed E-state index contributed by atoms with van der Waals surface area (Å²) in [4.78, 5) is 9.53. The van der Waals surface area contributed by atoms with Crippen molar-refractivity contribution in [2.45, 2.75) is 23.4 Å². The van der Waals surface area contributed by atoms with Crippen LogP contribution in [0.1, 0.15) is 11.3 Å². The zero-order valence-electron chi connectivity index (χ0n) is 12.7. The Kier molecular flexibility index (Phi) is 4.96. The third-order valence-corrected chi connectivity index (χ3v) is 4.96. The minimum Gasteiger partial charge on any atom is -0.326 e. The predicted molar refractivity (Wildman–Crippen MR) is 95.7 cm³/mol. The van der Waals surface area contributed by atoms with E-state index >= 15 is 0 Å². The Morgan fingerprint density at radius 1 is 1.04 bits per heavy atom. The number of halogens is 1. The molecule has 0 spiro atoms. The van der Waals surface area contributed by atoms with Gasteiger partial charge in [0.2, 0.25) is 0 Å². The Morgan fingerprint density at radius 2 is 1.91 bits per heavy atom. The molecule has 2 aromatic heterocycles. The average molecular weight is 342 g/mol. The Hall–Kier alpha value is -1.88. The fraction of sp³-hybridized carbons (Fsp3) is 0.111. The fourth-order valence-electron chi connectivity index (χ4n) is 2.32. The molecule has 0 aliphatic heterocycles. The van der Waals surface area contributed by atoms with Crippen LogP contribution < -0.4 is 5.73 Å². The van der Waals surface area contributed by atoms with Crippen molar-refractivity contribution in [1.29, 1.82) is 0 Å². The standard InChI is InChI=1S/C18H16ClN3S/c1-12-8-13(5-7-21-12)14-9-15(11-20)18(16(19)10-14)23-17-4-2-3-6-22-17/h2-10H,11,20H2,1H3. The summed E-state index contributed by atoms with van der Waals surface area (Å²) in [6.45, 7) is 2.40. The zero-order valence-corrected chi connectivity index (χ0v) is 14.2. The Balaban J connectivity index is 2.02. The van der Waals surface area contributed by atoms with E-state index in [-0.39, 0.29) is 0 Å². The SMILES string of the molecule is Cc1cc(-c2cc(Cl)c(Sc3ccccn3)c(CN)c2)ccn1. The van der Waals surface area contributed by atoms with Crippen LogP contribution in [0, 0.1) is 6.92 Å². The van der Waals surface area contributed by atoms with Crippen LogP contribution in [-0.4, -0.2) is 9.97 Å². The second-order valence-corrected chi connectivity index (χ2v) is 6.54. The largest absolute Gasteiger partial charge is 0.326 e. The Bertz CT molecular complexity index is 822. The minimum atomic E-state index is 0.423. The first-order chi connectivity index (χ1) is 11.2. The molecule has 3 nitrogen and oxygen atoms in total. The summed E-state index contributed by atoms with van der Waals surface area (Å²) in [5.41, 5.74) is 10.1. The Labute approximate surface area is 144 Å². The van der Waals surface area contributed by atoms with Gasteiger partial charge in [-0.1, -0.05) is 29.4 Å². The first-order valence-corrected chi connectivity index (χ1v) is 8.41. The van der Waals surface area contributed by atoms with Gasteiger partial charge in [-0.3, -0.25) is 4.98 Å². The van der Waals surface area contributed by atoms with Crippen LogP contribution >= 0.6 is 23.4 Å². The molecule has 0 saturated carbocycles. The van der Waals surface area contributed by atoms with Crippen LogP contribution in [0.5, 0.6) is 0 Å². The van der Waals surface area contributed by atoms with Gasteiger partial charge in [0.25, 0.3) is 0 Å². The van der Waals surface area contributed by atoms with E-state index in [2.05, 4.69) is 16.0 Å². The topological polar surface area (TPSA) is 51.8 Å². The van der Waals surface area contributed by atoms with Gasteiger partial charge in [0.15, 0.2) is 0 Å². The van der Waals surface area contributed by atoms with Gasteiger partial charge in [-0.2, -0.15) is 0 Å². The second-order valence-electron chi connectivity index (χ2n) is 5.11. The number of aromatic nitrogens is 2. The van der Waals surface area contributed by atoms with E-state index in [0.717, 1.165) is 32.3 Å². The van der Waals surface area contributed by atoms with Gasteiger partial charge in [0.1, 0.15) is 5.03 Å². The summed E-state index contributed by atoms with van der Waals surface area (Å²) in [6.07, 6.45) is 3.57. The third-order valence-electron chi connectivity index (χ3n) is 3.41. The van der Waals surface area contributed by atoms with E-state index in [1.807, 2.05) is 43.3 Å². The lowest BCUT2D eigenvalue weighted by Crippen LogP contribution is -2.00. The van der Waals surface area contributed by atoms with Crippen LogP contribution in [0.4, 0.5) is 0 Å². The molecular formula is C18H16ClN3S. The van der Waals surface area contributed by atoms with Crippen molar-refractivity contribution in [2.24, 2.45) is 5.73 Å². The summed E-state index contributed by atoms with van der Waals surface area (Å²) >= 11 is 8.07. The summed E-state index contributed by atoms with van der Waals surface area (Å²) < 4.78 is 0. The quantitative estimate of drug-likeness (QED) is 0.746. The summed E-state index contributed by atoms with van der Waals surface area (Å²) in [6, 6.07) is 13.9. The maximum Gasteiger partial charge on any atom is 0.101 e. The van der Waals surface area contributed by atoms with Crippen molar-refractivity contribution in [3.63, 3.8) is 0 Å². The van der Waals surface area contributed by atoms with E-state index < -0.39 is 0 Å². The van der Waals surface area contributed by atoms with Crippen molar-refractivity contribution in [1.82, 2.24) is 9.97 Å². The summed E-state index contributed by atoms with van der Waals surface area (Å²) in [5.74, 6) is 0. The lowest BCUT2D eigenvalue weighted by atomic mass is 10.0. The maximum absolute atomic E-state index is 6.53. The fourth-order valence-corrected chi connectivity index (χ4v) is 3.57. The minimum absolute atomic E-state index is 0.423. The molecule has 0 saturated heterocycles. The highest BCUT2D eigenvalue weighted by Crippen LogP contribution is 2.38. The third kappa shape index (κ3) is 3.72. The van der Waals surface area contributed by atoms with Gasteiger partial charge in [0.05, 0.1) is 5.02 Å². The molecule has 0 fully saturated rings. The molecule has 0 radical (unpaired) electrons. The molecule has 1 aromatic carbocycles. The number of hydrogen-bond acceptors (Lipinski definition) is 4. The molecule has 0 bridgehead atoms.